The number of rotatable bonds is 2. The fourth-order valence-corrected chi connectivity index (χ4v) is 2.22. The van der Waals surface area contributed by atoms with Crippen molar-refractivity contribution in [2.45, 2.75) is 30.5 Å². The largest absolute Gasteiger partial charge is 0.384 e. The zero-order chi connectivity index (χ0) is 11.6. The van der Waals surface area contributed by atoms with Crippen molar-refractivity contribution in [2.24, 2.45) is 5.73 Å². The van der Waals surface area contributed by atoms with Crippen LogP contribution in [-0.2, 0) is 0 Å². The molecule has 0 bridgehead atoms. The average Bonchev–Trinajstić information content (AvgIpc) is 2.05. The summed E-state index contributed by atoms with van der Waals surface area (Å²) in [6, 6.07) is 1.65. The van der Waals surface area contributed by atoms with Crippen molar-refractivity contribution >= 4 is 29.2 Å². The zero-order valence-electron chi connectivity index (χ0n) is 8.97. The predicted molar refractivity (Wildman–Crippen MR) is 65.9 cm³/mol. The highest BCUT2D eigenvalue weighted by molar-refractivity contribution is 8.00. The van der Waals surface area contributed by atoms with Gasteiger partial charge in [-0.3, -0.25) is 5.41 Å². The first-order valence-corrected chi connectivity index (χ1v) is 5.68. The quantitative estimate of drug-likeness (QED) is 0.477. The lowest BCUT2D eigenvalue weighted by Crippen LogP contribution is -2.13. The predicted octanol–water partition coefficient (Wildman–Crippen LogP) is 2.91. The number of amidine groups is 1. The first-order valence-electron chi connectivity index (χ1n) is 4.49. The molecule has 0 spiro atoms. The number of halogens is 1. The molecule has 0 aliphatic rings. The molecule has 0 saturated heterocycles. The third-order valence-electron chi connectivity index (χ3n) is 1.55. The van der Waals surface area contributed by atoms with Crippen molar-refractivity contribution in [1.82, 2.24) is 4.98 Å². The Morgan fingerprint density at radius 2 is 2.13 bits per heavy atom. The molecule has 1 rings (SSSR count). The molecular formula is C10H14ClN3S. The summed E-state index contributed by atoms with van der Waals surface area (Å²) in [4.78, 5) is 4.19. The van der Waals surface area contributed by atoms with Crippen molar-refractivity contribution in [3.05, 3.63) is 22.8 Å². The molecule has 1 aromatic rings. The summed E-state index contributed by atoms with van der Waals surface area (Å²) >= 11 is 7.67. The number of thioether (sulfide) groups is 1. The molecule has 15 heavy (non-hydrogen) atoms. The van der Waals surface area contributed by atoms with Crippen molar-refractivity contribution in [3.63, 3.8) is 0 Å². The van der Waals surface area contributed by atoms with E-state index < -0.39 is 0 Å². The molecular weight excluding hydrogens is 230 g/mol. The monoisotopic (exact) mass is 243 g/mol. The van der Waals surface area contributed by atoms with Gasteiger partial charge in [-0.25, -0.2) is 4.98 Å². The standard InChI is InChI=1S/C10H14ClN3S/c1-10(2,3)15-9-7(11)6(8(12)13)4-5-14-9/h4-5H,1-3H3,(H3,12,13). The lowest BCUT2D eigenvalue weighted by atomic mass is 10.2. The second-order valence-corrected chi connectivity index (χ2v) is 6.30. The van der Waals surface area contributed by atoms with Gasteiger partial charge in [0, 0.05) is 16.5 Å². The van der Waals surface area contributed by atoms with Crippen LogP contribution in [0.5, 0.6) is 0 Å². The molecule has 0 unspecified atom stereocenters. The van der Waals surface area contributed by atoms with Crippen LogP contribution >= 0.6 is 23.4 Å². The van der Waals surface area contributed by atoms with Gasteiger partial charge in [-0.05, 0) is 6.07 Å². The maximum Gasteiger partial charge on any atom is 0.124 e. The van der Waals surface area contributed by atoms with Crippen LogP contribution in [0.15, 0.2) is 17.3 Å². The Kier molecular flexibility index (Phi) is 3.62. The molecule has 0 radical (unpaired) electrons. The van der Waals surface area contributed by atoms with E-state index in [9.17, 15) is 0 Å². The Labute approximate surface area is 98.9 Å². The van der Waals surface area contributed by atoms with E-state index in [1.165, 1.54) is 0 Å². The van der Waals surface area contributed by atoms with Gasteiger partial charge in [0.2, 0.25) is 0 Å². The maximum absolute atomic E-state index is 7.36. The molecule has 0 fully saturated rings. The van der Waals surface area contributed by atoms with Gasteiger partial charge in [0.15, 0.2) is 0 Å². The fourth-order valence-electron chi connectivity index (χ4n) is 0.994. The summed E-state index contributed by atoms with van der Waals surface area (Å²) in [7, 11) is 0. The van der Waals surface area contributed by atoms with E-state index in [1.54, 1.807) is 24.0 Å². The van der Waals surface area contributed by atoms with E-state index in [1.807, 2.05) is 0 Å². The highest BCUT2D eigenvalue weighted by Gasteiger charge is 2.17. The maximum atomic E-state index is 7.36. The fraction of sp³-hybridized carbons (Fsp3) is 0.400. The smallest absolute Gasteiger partial charge is 0.124 e. The molecule has 3 nitrogen and oxygen atoms in total. The van der Waals surface area contributed by atoms with Gasteiger partial charge in [-0.1, -0.05) is 44.1 Å². The molecule has 82 valence electrons. The highest BCUT2D eigenvalue weighted by atomic mass is 35.5. The molecule has 0 aromatic carbocycles. The Balaban J connectivity index is 3.10. The van der Waals surface area contributed by atoms with E-state index in [-0.39, 0.29) is 10.6 Å². The number of hydrogen-bond donors (Lipinski definition) is 2. The van der Waals surface area contributed by atoms with Crippen LogP contribution in [0.25, 0.3) is 0 Å². The van der Waals surface area contributed by atoms with Crippen LogP contribution < -0.4 is 5.73 Å². The minimum atomic E-state index is -0.0295. The summed E-state index contributed by atoms with van der Waals surface area (Å²) in [5.74, 6) is -0.0295. The van der Waals surface area contributed by atoms with E-state index in [0.29, 0.717) is 10.6 Å². The second kappa shape index (κ2) is 4.41. The summed E-state index contributed by atoms with van der Waals surface area (Å²) in [5.41, 5.74) is 5.95. The number of nitrogen functional groups attached to an aromatic ring is 1. The molecule has 0 saturated carbocycles. The van der Waals surface area contributed by atoms with Gasteiger partial charge in [0.25, 0.3) is 0 Å². The average molecular weight is 244 g/mol. The number of nitrogens with zero attached hydrogens (tertiary/aromatic N) is 1. The number of aromatic nitrogens is 1. The van der Waals surface area contributed by atoms with E-state index in [0.717, 1.165) is 5.03 Å². The molecule has 0 aliphatic heterocycles. The van der Waals surface area contributed by atoms with Crippen LogP contribution in [0.3, 0.4) is 0 Å². The number of pyridine rings is 1. The van der Waals surface area contributed by atoms with Crippen LogP contribution in [-0.4, -0.2) is 15.6 Å². The lowest BCUT2D eigenvalue weighted by molar-refractivity contribution is 0.799. The van der Waals surface area contributed by atoms with Crippen LogP contribution in [0.4, 0.5) is 0 Å². The van der Waals surface area contributed by atoms with E-state index in [4.69, 9.17) is 22.7 Å². The highest BCUT2D eigenvalue weighted by Crippen LogP contribution is 2.35. The van der Waals surface area contributed by atoms with Crippen LogP contribution in [0.1, 0.15) is 26.3 Å². The SMILES string of the molecule is CC(C)(C)Sc1nccc(C(=N)N)c1Cl. The molecule has 0 aliphatic carbocycles. The normalized spacial score (nSPS) is 11.5. The van der Waals surface area contributed by atoms with Crippen molar-refractivity contribution in [2.75, 3.05) is 0 Å². The van der Waals surface area contributed by atoms with Crippen molar-refractivity contribution in [1.29, 1.82) is 5.41 Å². The molecule has 3 N–H and O–H groups in total. The van der Waals surface area contributed by atoms with Gasteiger partial charge in [-0.2, -0.15) is 0 Å². The lowest BCUT2D eigenvalue weighted by Gasteiger charge is -2.18. The Bertz CT molecular complexity index is 385. The Morgan fingerprint density at radius 3 is 2.60 bits per heavy atom. The summed E-state index contributed by atoms with van der Waals surface area (Å²) in [6.07, 6.45) is 1.62. The van der Waals surface area contributed by atoms with Gasteiger partial charge in [-0.15, -0.1) is 0 Å². The van der Waals surface area contributed by atoms with Gasteiger partial charge in [0.1, 0.15) is 10.9 Å². The van der Waals surface area contributed by atoms with Crippen molar-refractivity contribution in [3.8, 4) is 0 Å². The third kappa shape index (κ3) is 3.39. The van der Waals surface area contributed by atoms with Gasteiger partial charge < -0.3 is 5.73 Å². The number of hydrogen-bond acceptors (Lipinski definition) is 3. The molecule has 0 atom stereocenters. The number of nitrogens with two attached hydrogens (primary N) is 1. The minimum absolute atomic E-state index is 0.0295. The Hall–Kier alpha value is -0.740. The molecule has 1 aromatic heterocycles. The van der Waals surface area contributed by atoms with Gasteiger partial charge in [0.05, 0.1) is 5.02 Å². The van der Waals surface area contributed by atoms with Gasteiger partial charge >= 0.3 is 0 Å². The van der Waals surface area contributed by atoms with E-state index in [2.05, 4.69) is 25.8 Å². The molecule has 5 heteroatoms. The van der Waals surface area contributed by atoms with Crippen LogP contribution in [0.2, 0.25) is 5.02 Å². The van der Waals surface area contributed by atoms with E-state index >= 15 is 0 Å². The zero-order valence-corrected chi connectivity index (χ0v) is 10.5. The van der Waals surface area contributed by atoms with Crippen molar-refractivity contribution < 1.29 is 0 Å². The summed E-state index contributed by atoms with van der Waals surface area (Å²) in [5, 5.41) is 8.54. The summed E-state index contributed by atoms with van der Waals surface area (Å²) < 4.78 is 0.0338. The minimum Gasteiger partial charge on any atom is -0.384 e. The second-order valence-electron chi connectivity index (χ2n) is 4.11. The summed E-state index contributed by atoms with van der Waals surface area (Å²) in [6.45, 7) is 6.24. The Morgan fingerprint density at radius 1 is 1.53 bits per heavy atom. The third-order valence-corrected chi connectivity index (χ3v) is 3.16. The van der Waals surface area contributed by atoms with Crippen LogP contribution in [0, 0.1) is 5.41 Å². The first kappa shape index (κ1) is 12.3. The molecule has 1 heterocycles. The topological polar surface area (TPSA) is 62.8 Å². The number of nitrogens with one attached hydrogen (secondary N) is 1. The first-order chi connectivity index (χ1) is 6.81. The molecule has 0 amide bonds.